The van der Waals surface area contributed by atoms with Crippen molar-refractivity contribution in [3.8, 4) is 0 Å². The highest BCUT2D eigenvalue weighted by Gasteiger charge is 2.19. The van der Waals surface area contributed by atoms with Crippen LogP contribution in [0.4, 0.5) is 0 Å². The molecule has 0 aliphatic rings. The van der Waals surface area contributed by atoms with E-state index < -0.39 is 0 Å². The average molecular weight is 336 g/mol. The zero-order chi connectivity index (χ0) is 16.7. The van der Waals surface area contributed by atoms with Gasteiger partial charge in [0.25, 0.3) is 0 Å². The van der Waals surface area contributed by atoms with Crippen LogP contribution in [0.1, 0.15) is 48.8 Å². The summed E-state index contributed by atoms with van der Waals surface area (Å²) < 4.78 is 10.4. The largest absolute Gasteiger partial charge is 0.360 e. The quantitative estimate of drug-likeness (QED) is 0.465. The van der Waals surface area contributed by atoms with Crippen LogP contribution in [0.3, 0.4) is 0 Å². The molecule has 4 heteroatoms. The molecule has 0 bridgehead atoms. The SMILES string of the molecule is CC(C)c1snc2c(CC(C)c3onc4ccccc34)cccc12. The smallest absolute Gasteiger partial charge is 0.147 e. The van der Waals surface area contributed by atoms with E-state index >= 15 is 0 Å². The topological polar surface area (TPSA) is 38.9 Å². The molecule has 122 valence electrons. The highest BCUT2D eigenvalue weighted by atomic mass is 32.1. The van der Waals surface area contributed by atoms with Gasteiger partial charge in [0, 0.05) is 21.6 Å². The lowest BCUT2D eigenvalue weighted by Crippen LogP contribution is -1.98. The van der Waals surface area contributed by atoms with Crippen LogP contribution in [-0.2, 0) is 6.42 Å². The molecule has 0 spiro atoms. The Hall–Kier alpha value is -2.20. The lowest BCUT2D eigenvalue weighted by molar-refractivity contribution is 0.372. The molecule has 3 nitrogen and oxygen atoms in total. The summed E-state index contributed by atoms with van der Waals surface area (Å²) in [5, 5.41) is 6.59. The van der Waals surface area contributed by atoms with Gasteiger partial charge in [-0.3, -0.25) is 0 Å². The normalized spacial score (nSPS) is 13.2. The van der Waals surface area contributed by atoms with E-state index in [9.17, 15) is 0 Å². The summed E-state index contributed by atoms with van der Waals surface area (Å²) in [7, 11) is 0. The summed E-state index contributed by atoms with van der Waals surface area (Å²) in [5.41, 5.74) is 3.35. The maximum absolute atomic E-state index is 5.64. The standard InChI is InChI=1S/C20H20N2OS/c1-12(2)20-16-9-6-7-14(18(16)22-24-20)11-13(3)19-15-8-4-5-10-17(15)21-23-19/h4-10,12-13H,11H2,1-3H3. The fourth-order valence-corrected chi connectivity index (χ4v) is 4.19. The van der Waals surface area contributed by atoms with Crippen molar-refractivity contribution in [2.75, 3.05) is 0 Å². The molecule has 2 aromatic heterocycles. The molecule has 0 radical (unpaired) electrons. The molecule has 0 aliphatic carbocycles. The van der Waals surface area contributed by atoms with Crippen molar-refractivity contribution in [1.29, 1.82) is 0 Å². The number of nitrogens with zero attached hydrogens (tertiary/aromatic N) is 2. The first-order chi connectivity index (χ1) is 11.6. The van der Waals surface area contributed by atoms with E-state index in [0.29, 0.717) is 5.92 Å². The minimum Gasteiger partial charge on any atom is -0.360 e. The Balaban J connectivity index is 1.71. The third-order valence-electron chi connectivity index (χ3n) is 4.53. The van der Waals surface area contributed by atoms with Crippen LogP contribution >= 0.6 is 11.5 Å². The van der Waals surface area contributed by atoms with Crippen molar-refractivity contribution in [1.82, 2.24) is 9.53 Å². The molecule has 2 aromatic carbocycles. The number of hydrogen-bond acceptors (Lipinski definition) is 4. The molecular weight excluding hydrogens is 316 g/mol. The molecule has 2 heterocycles. The van der Waals surface area contributed by atoms with E-state index in [1.807, 2.05) is 18.2 Å². The van der Waals surface area contributed by atoms with Crippen molar-refractivity contribution < 1.29 is 4.52 Å². The maximum Gasteiger partial charge on any atom is 0.147 e. The van der Waals surface area contributed by atoms with Crippen LogP contribution in [0, 0.1) is 0 Å². The predicted molar refractivity (Wildman–Crippen MR) is 99.8 cm³/mol. The number of benzene rings is 2. The average Bonchev–Trinajstić information content (AvgIpc) is 3.19. The molecule has 1 unspecified atom stereocenters. The van der Waals surface area contributed by atoms with E-state index in [1.165, 1.54) is 15.8 Å². The summed E-state index contributed by atoms with van der Waals surface area (Å²) >= 11 is 1.63. The Morgan fingerprint density at radius 2 is 1.79 bits per heavy atom. The van der Waals surface area contributed by atoms with E-state index in [1.54, 1.807) is 11.5 Å². The number of hydrogen-bond donors (Lipinski definition) is 0. The van der Waals surface area contributed by atoms with Gasteiger partial charge in [0.05, 0.1) is 5.52 Å². The van der Waals surface area contributed by atoms with Gasteiger partial charge in [-0.1, -0.05) is 56.3 Å². The zero-order valence-corrected chi connectivity index (χ0v) is 14.9. The Kier molecular flexibility index (Phi) is 3.85. The van der Waals surface area contributed by atoms with Crippen molar-refractivity contribution in [3.05, 3.63) is 58.7 Å². The van der Waals surface area contributed by atoms with Gasteiger partial charge in [-0.25, -0.2) is 0 Å². The molecular formula is C20H20N2OS. The highest BCUT2D eigenvalue weighted by Crippen LogP contribution is 2.34. The van der Waals surface area contributed by atoms with Crippen LogP contribution in [-0.4, -0.2) is 9.53 Å². The Labute approximate surface area is 145 Å². The van der Waals surface area contributed by atoms with Gasteiger partial charge < -0.3 is 4.52 Å². The fraction of sp³-hybridized carbons (Fsp3) is 0.300. The molecule has 0 saturated heterocycles. The van der Waals surface area contributed by atoms with Gasteiger partial charge in [0.1, 0.15) is 11.3 Å². The number of aromatic nitrogens is 2. The van der Waals surface area contributed by atoms with E-state index in [2.05, 4.69) is 50.2 Å². The first-order valence-corrected chi connectivity index (χ1v) is 9.14. The highest BCUT2D eigenvalue weighted by molar-refractivity contribution is 7.07. The molecule has 0 amide bonds. The summed E-state index contributed by atoms with van der Waals surface area (Å²) in [4.78, 5) is 1.37. The second kappa shape index (κ2) is 6.02. The van der Waals surface area contributed by atoms with Gasteiger partial charge in [-0.2, -0.15) is 4.37 Å². The molecule has 0 fully saturated rings. The lowest BCUT2D eigenvalue weighted by Gasteiger charge is -2.09. The summed E-state index contributed by atoms with van der Waals surface area (Å²) in [6.45, 7) is 6.65. The van der Waals surface area contributed by atoms with Crippen LogP contribution in [0.5, 0.6) is 0 Å². The van der Waals surface area contributed by atoms with Crippen LogP contribution < -0.4 is 0 Å². The summed E-state index contributed by atoms with van der Waals surface area (Å²) in [5.74, 6) is 1.72. The zero-order valence-electron chi connectivity index (χ0n) is 14.1. The van der Waals surface area contributed by atoms with Crippen molar-refractivity contribution in [3.63, 3.8) is 0 Å². The Morgan fingerprint density at radius 3 is 2.62 bits per heavy atom. The minimum atomic E-state index is 0.257. The molecule has 1 atom stereocenters. The van der Waals surface area contributed by atoms with Gasteiger partial charge in [-0.05, 0) is 41.6 Å². The van der Waals surface area contributed by atoms with Crippen molar-refractivity contribution >= 4 is 33.3 Å². The van der Waals surface area contributed by atoms with Gasteiger partial charge in [0.15, 0.2) is 0 Å². The van der Waals surface area contributed by atoms with Gasteiger partial charge in [0.2, 0.25) is 0 Å². The molecule has 0 aliphatic heterocycles. The van der Waals surface area contributed by atoms with E-state index in [4.69, 9.17) is 8.90 Å². The monoisotopic (exact) mass is 336 g/mol. The maximum atomic E-state index is 5.64. The van der Waals surface area contributed by atoms with Crippen LogP contribution in [0.2, 0.25) is 0 Å². The minimum absolute atomic E-state index is 0.257. The van der Waals surface area contributed by atoms with E-state index in [0.717, 1.165) is 28.6 Å². The third-order valence-corrected chi connectivity index (χ3v) is 5.69. The predicted octanol–water partition coefficient (Wildman–Crippen LogP) is 5.91. The van der Waals surface area contributed by atoms with E-state index in [-0.39, 0.29) is 5.92 Å². The second-order valence-electron chi connectivity index (χ2n) is 6.68. The summed E-state index contributed by atoms with van der Waals surface area (Å²) in [6, 6.07) is 14.6. The Morgan fingerprint density at radius 1 is 1.00 bits per heavy atom. The Bertz CT molecular complexity index is 999. The summed E-state index contributed by atoms with van der Waals surface area (Å²) in [6.07, 6.45) is 0.901. The van der Waals surface area contributed by atoms with Crippen LogP contribution in [0.25, 0.3) is 21.8 Å². The number of rotatable bonds is 4. The van der Waals surface area contributed by atoms with Gasteiger partial charge >= 0.3 is 0 Å². The van der Waals surface area contributed by atoms with Gasteiger partial charge in [-0.15, -0.1) is 0 Å². The third kappa shape index (κ3) is 2.51. The lowest BCUT2D eigenvalue weighted by atomic mass is 9.94. The fourth-order valence-electron chi connectivity index (χ4n) is 3.31. The molecule has 4 rings (SSSR count). The molecule has 4 aromatic rings. The molecule has 0 N–H and O–H groups in total. The van der Waals surface area contributed by atoms with Crippen molar-refractivity contribution in [2.45, 2.75) is 39.0 Å². The first-order valence-electron chi connectivity index (χ1n) is 8.36. The molecule has 0 saturated carbocycles. The van der Waals surface area contributed by atoms with Crippen LogP contribution in [0.15, 0.2) is 47.0 Å². The molecule has 24 heavy (non-hydrogen) atoms. The van der Waals surface area contributed by atoms with Crippen molar-refractivity contribution in [2.24, 2.45) is 0 Å². The number of fused-ring (bicyclic) bond motifs is 2. The second-order valence-corrected chi connectivity index (χ2v) is 7.49. The first kappa shape index (κ1) is 15.3.